The van der Waals surface area contributed by atoms with Gasteiger partial charge in [0.1, 0.15) is 0 Å². The average Bonchev–Trinajstić information content (AvgIpc) is 2.18. The van der Waals surface area contributed by atoms with Gasteiger partial charge in [0.15, 0.2) is 5.60 Å². The van der Waals surface area contributed by atoms with Crippen LogP contribution >= 0.6 is 11.6 Å². The van der Waals surface area contributed by atoms with Crippen LogP contribution in [0.2, 0.25) is 0 Å². The fraction of sp³-hybridized carbons (Fsp3) is 0.900. The molecule has 0 radical (unpaired) electrons. The first-order valence-corrected chi connectivity index (χ1v) is 5.59. The van der Waals surface area contributed by atoms with Gasteiger partial charge in [0.2, 0.25) is 0 Å². The van der Waals surface area contributed by atoms with E-state index in [0.29, 0.717) is 25.3 Å². The summed E-state index contributed by atoms with van der Waals surface area (Å²) < 4.78 is 5.36. The highest BCUT2D eigenvalue weighted by atomic mass is 35.5. The van der Waals surface area contributed by atoms with Gasteiger partial charge in [0, 0.05) is 5.88 Å². The Morgan fingerprint density at radius 2 is 2.14 bits per heavy atom. The van der Waals surface area contributed by atoms with Crippen LogP contribution in [-0.4, -0.2) is 29.2 Å². The van der Waals surface area contributed by atoms with Gasteiger partial charge in [0.25, 0.3) is 0 Å². The van der Waals surface area contributed by atoms with Gasteiger partial charge in [-0.3, -0.25) is 0 Å². The van der Waals surface area contributed by atoms with E-state index in [-0.39, 0.29) is 0 Å². The highest BCUT2D eigenvalue weighted by molar-refractivity contribution is 6.17. The molecule has 0 aromatic heterocycles. The molecule has 0 aliphatic carbocycles. The molecule has 14 heavy (non-hydrogen) atoms. The predicted molar refractivity (Wildman–Crippen MR) is 56.9 cm³/mol. The minimum atomic E-state index is -1.02. The molecule has 0 bridgehead atoms. The SMILES string of the molecule is CCCCC(CC)(OCCCl)C(=O)O. The van der Waals surface area contributed by atoms with Crippen LogP contribution in [0.4, 0.5) is 0 Å². The van der Waals surface area contributed by atoms with Crippen LogP contribution < -0.4 is 0 Å². The number of hydrogen-bond donors (Lipinski definition) is 1. The summed E-state index contributed by atoms with van der Waals surface area (Å²) in [7, 11) is 0. The number of unbranched alkanes of at least 4 members (excludes halogenated alkanes) is 1. The second kappa shape index (κ2) is 7.07. The van der Waals surface area contributed by atoms with Gasteiger partial charge in [0.05, 0.1) is 6.61 Å². The molecule has 0 aliphatic heterocycles. The van der Waals surface area contributed by atoms with Gasteiger partial charge in [-0.1, -0.05) is 26.7 Å². The Morgan fingerprint density at radius 1 is 1.50 bits per heavy atom. The first kappa shape index (κ1) is 13.7. The predicted octanol–water partition coefficient (Wildman–Crippen LogP) is 2.67. The van der Waals surface area contributed by atoms with Crippen molar-refractivity contribution in [1.82, 2.24) is 0 Å². The van der Waals surface area contributed by atoms with E-state index in [1.807, 2.05) is 13.8 Å². The zero-order chi connectivity index (χ0) is 11.0. The van der Waals surface area contributed by atoms with Crippen molar-refractivity contribution in [1.29, 1.82) is 0 Å². The molecular weight excluding hydrogens is 204 g/mol. The molecule has 3 nitrogen and oxygen atoms in total. The summed E-state index contributed by atoms with van der Waals surface area (Å²) >= 11 is 5.49. The number of carbonyl (C=O) groups is 1. The zero-order valence-corrected chi connectivity index (χ0v) is 9.64. The third kappa shape index (κ3) is 3.84. The number of carboxylic acid groups (broad SMARTS) is 1. The Morgan fingerprint density at radius 3 is 2.50 bits per heavy atom. The highest BCUT2D eigenvalue weighted by Gasteiger charge is 2.36. The van der Waals surface area contributed by atoms with Crippen molar-refractivity contribution in [3.8, 4) is 0 Å². The minimum absolute atomic E-state index is 0.297. The standard InChI is InChI=1S/C10H19ClO3/c1-3-5-6-10(4-2,9(12)13)14-8-7-11/h3-8H2,1-2H3,(H,12,13). The van der Waals surface area contributed by atoms with Crippen LogP contribution in [0.25, 0.3) is 0 Å². The number of aliphatic carboxylic acids is 1. The lowest BCUT2D eigenvalue weighted by Crippen LogP contribution is -2.41. The van der Waals surface area contributed by atoms with Gasteiger partial charge in [-0.25, -0.2) is 4.79 Å². The molecule has 0 amide bonds. The number of ether oxygens (including phenoxy) is 1. The summed E-state index contributed by atoms with van der Waals surface area (Å²) in [5.41, 5.74) is -1.02. The average molecular weight is 223 g/mol. The lowest BCUT2D eigenvalue weighted by atomic mass is 9.93. The Balaban J connectivity index is 4.35. The molecule has 1 unspecified atom stereocenters. The number of hydrogen-bond acceptors (Lipinski definition) is 2. The largest absolute Gasteiger partial charge is 0.479 e. The third-order valence-corrected chi connectivity index (χ3v) is 2.50. The van der Waals surface area contributed by atoms with Crippen LogP contribution in [-0.2, 0) is 9.53 Å². The van der Waals surface area contributed by atoms with Gasteiger partial charge in [-0.2, -0.15) is 0 Å². The number of carboxylic acids is 1. The van der Waals surface area contributed by atoms with Crippen molar-refractivity contribution in [2.45, 2.75) is 45.1 Å². The van der Waals surface area contributed by atoms with E-state index < -0.39 is 11.6 Å². The summed E-state index contributed by atoms with van der Waals surface area (Å²) in [4.78, 5) is 11.1. The maximum Gasteiger partial charge on any atom is 0.335 e. The molecule has 4 heteroatoms. The zero-order valence-electron chi connectivity index (χ0n) is 8.88. The van der Waals surface area contributed by atoms with Crippen LogP contribution in [0, 0.1) is 0 Å². The normalized spacial score (nSPS) is 15.1. The lowest BCUT2D eigenvalue weighted by molar-refractivity contribution is -0.167. The van der Waals surface area contributed by atoms with Crippen molar-refractivity contribution in [3.63, 3.8) is 0 Å². The van der Waals surface area contributed by atoms with E-state index in [9.17, 15) is 4.79 Å². The van der Waals surface area contributed by atoms with E-state index >= 15 is 0 Å². The molecule has 0 rings (SSSR count). The molecule has 84 valence electrons. The van der Waals surface area contributed by atoms with Crippen LogP contribution in [0.3, 0.4) is 0 Å². The first-order valence-electron chi connectivity index (χ1n) is 5.06. The number of alkyl halides is 1. The second-order valence-electron chi connectivity index (χ2n) is 3.29. The maximum atomic E-state index is 11.1. The van der Waals surface area contributed by atoms with Crippen molar-refractivity contribution < 1.29 is 14.6 Å². The maximum absolute atomic E-state index is 11.1. The Kier molecular flexibility index (Phi) is 6.93. The van der Waals surface area contributed by atoms with E-state index in [4.69, 9.17) is 21.4 Å². The van der Waals surface area contributed by atoms with E-state index in [0.717, 1.165) is 12.8 Å². The number of rotatable bonds is 8. The molecular formula is C10H19ClO3. The lowest BCUT2D eigenvalue weighted by Gasteiger charge is -2.28. The molecule has 0 aromatic rings. The summed E-state index contributed by atoms with van der Waals surface area (Å²) in [5, 5.41) is 9.11. The van der Waals surface area contributed by atoms with E-state index in [1.54, 1.807) is 0 Å². The molecule has 0 fully saturated rings. The van der Waals surface area contributed by atoms with Crippen molar-refractivity contribution >= 4 is 17.6 Å². The fourth-order valence-electron chi connectivity index (χ4n) is 1.37. The van der Waals surface area contributed by atoms with Crippen LogP contribution in [0.1, 0.15) is 39.5 Å². The summed E-state index contributed by atoms with van der Waals surface area (Å²) in [6, 6.07) is 0. The molecule has 0 saturated heterocycles. The summed E-state index contributed by atoms with van der Waals surface area (Å²) in [5.74, 6) is -0.542. The van der Waals surface area contributed by atoms with Crippen LogP contribution in [0.5, 0.6) is 0 Å². The van der Waals surface area contributed by atoms with Crippen molar-refractivity contribution in [2.75, 3.05) is 12.5 Å². The fourth-order valence-corrected chi connectivity index (χ4v) is 1.44. The van der Waals surface area contributed by atoms with Gasteiger partial charge in [-0.05, 0) is 12.8 Å². The van der Waals surface area contributed by atoms with Gasteiger partial charge < -0.3 is 9.84 Å². The Bertz CT molecular complexity index is 163. The molecule has 0 aliphatic rings. The molecule has 0 aromatic carbocycles. The van der Waals surface area contributed by atoms with Crippen molar-refractivity contribution in [2.24, 2.45) is 0 Å². The highest BCUT2D eigenvalue weighted by Crippen LogP contribution is 2.23. The van der Waals surface area contributed by atoms with Gasteiger partial charge in [-0.15, -0.1) is 11.6 Å². The number of halogens is 1. The summed E-state index contributed by atoms with van der Waals surface area (Å²) in [6.07, 6.45) is 2.88. The smallest absolute Gasteiger partial charge is 0.335 e. The molecule has 0 saturated carbocycles. The monoisotopic (exact) mass is 222 g/mol. The van der Waals surface area contributed by atoms with Crippen molar-refractivity contribution in [3.05, 3.63) is 0 Å². The van der Waals surface area contributed by atoms with Gasteiger partial charge >= 0.3 is 5.97 Å². The topological polar surface area (TPSA) is 46.5 Å². The third-order valence-electron chi connectivity index (χ3n) is 2.35. The minimum Gasteiger partial charge on any atom is -0.479 e. The van der Waals surface area contributed by atoms with E-state index in [1.165, 1.54) is 0 Å². The van der Waals surface area contributed by atoms with E-state index in [2.05, 4.69) is 0 Å². The molecule has 0 heterocycles. The second-order valence-corrected chi connectivity index (χ2v) is 3.67. The Labute approximate surface area is 90.4 Å². The van der Waals surface area contributed by atoms with Crippen LogP contribution in [0.15, 0.2) is 0 Å². The quantitative estimate of drug-likeness (QED) is 0.643. The Hall–Kier alpha value is -0.280. The molecule has 0 spiro atoms. The molecule has 1 N–H and O–H groups in total. The first-order chi connectivity index (χ1) is 6.63. The summed E-state index contributed by atoms with van der Waals surface area (Å²) in [6.45, 7) is 4.16. The molecule has 1 atom stereocenters.